The van der Waals surface area contributed by atoms with Gasteiger partial charge in [-0.05, 0) is 111 Å². The zero-order valence-corrected chi connectivity index (χ0v) is 29.9. The summed E-state index contributed by atoms with van der Waals surface area (Å²) in [5, 5.41) is 14.9. The van der Waals surface area contributed by atoms with E-state index in [4.69, 9.17) is 4.42 Å². The van der Waals surface area contributed by atoms with Crippen molar-refractivity contribution in [2.75, 3.05) is 0 Å². The summed E-state index contributed by atoms with van der Waals surface area (Å²) in [6, 6.07) is 70.9. The van der Waals surface area contributed by atoms with Gasteiger partial charge in [0.05, 0.1) is 0 Å². The van der Waals surface area contributed by atoms with Crippen molar-refractivity contribution < 1.29 is 4.42 Å². The van der Waals surface area contributed by atoms with E-state index in [-0.39, 0.29) is 0 Å². The lowest BCUT2D eigenvalue weighted by atomic mass is 9.87. The van der Waals surface area contributed by atoms with Crippen molar-refractivity contribution in [3.05, 3.63) is 194 Å². The molecular formula is C54H32O. The predicted molar refractivity (Wildman–Crippen MR) is 234 cm³/mol. The third kappa shape index (κ3) is 4.54. The molecule has 0 bridgehead atoms. The molecule has 1 heteroatoms. The fourth-order valence-corrected chi connectivity index (χ4v) is 9.24. The average molecular weight is 697 g/mol. The highest BCUT2D eigenvalue weighted by molar-refractivity contribution is 6.28. The second kappa shape index (κ2) is 11.6. The van der Waals surface area contributed by atoms with Crippen molar-refractivity contribution in [3.8, 4) is 44.5 Å². The fourth-order valence-electron chi connectivity index (χ4n) is 9.24. The van der Waals surface area contributed by atoms with Gasteiger partial charge in [-0.15, -0.1) is 0 Å². The molecule has 1 aromatic heterocycles. The lowest BCUT2D eigenvalue weighted by Gasteiger charge is -2.15. The Kier molecular flexibility index (Phi) is 6.40. The van der Waals surface area contributed by atoms with Crippen LogP contribution >= 0.6 is 0 Å². The molecule has 11 aromatic carbocycles. The summed E-state index contributed by atoms with van der Waals surface area (Å²) in [7, 11) is 0. The highest BCUT2D eigenvalue weighted by Crippen LogP contribution is 2.47. The van der Waals surface area contributed by atoms with E-state index in [2.05, 4.69) is 194 Å². The van der Waals surface area contributed by atoms with E-state index < -0.39 is 0 Å². The normalized spacial score (nSPS) is 12.0. The SMILES string of the molecule is c1ccc(-c2ccc(-c3ccc(-c4ccc(-c5ccc6ccc7cccc8ccc5c6c78)c5c4oc4cc6ccccc6cc45)cc3)c3ccccc23)cc1. The van der Waals surface area contributed by atoms with E-state index in [9.17, 15) is 0 Å². The Balaban J connectivity index is 1.06. The van der Waals surface area contributed by atoms with Crippen molar-refractivity contribution in [3.63, 3.8) is 0 Å². The molecule has 254 valence electrons. The van der Waals surface area contributed by atoms with Crippen LogP contribution < -0.4 is 0 Å². The molecule has 0 aliphatic heterocycles. The summed E-state index contributed by atoms with van der Waals surface area (Å²) in [5.74, 6) is 0. The highest BCUT2D eigenvalue weighted by Gasteiger charge is 2.21. The smallest absolute Gasteiger partial charge is 0.143 e. The van der Waals surface area contributed by atoms with Gasteiger partial charge in [-0.3, -0.25) is 0 Å². The first-order chi connectivity index (χ1) is 27.3. The molecule has 0 aliphatic carbocycles. The maximum atomic E-state index is 6.96. The van der Waals surface area contributed by atoms with Gasteiger partial charge >= 0.3 is 0 Å². The molecule has 0 saturated carbocycles. The Morgan fingerprint density at radius 1 is 0.255 bits per heavy atom. The number of benzene rings is 11. The van der Waals surface area contributed by atoms with Crippen LogP contribution in [0.15, 0.2) is 199 Å². The van der Waals surface area contributed by atoms with Gasteiger partial charge in [0.15, 0.2) is 0 Å². The van der Waals surface area contributed by atoms with Crippen LogP contribution in [0.4, 0.5) is 0 Å². The van der Waals surface area contributed by atoms with Crippen molar-refractivity contribution in [1.82, 2.24) is 0 Å². The summed E-state index contributed by atoms with van der Waals surface area (Å²) >= 11 is 0. The first-order valence-electron chi connectivity index (χ1n) is 19.0. The van der Waals surface area contributed by atoms with Crippen LogP contribution in [0.5, 0.6) is 0 Å². The second-order valence-electron chi connectivity index (χ2n) is 14.8. The number of furan rings is 1. The van der Waals surface area contributed by atoms with Gasteiger partial charge < -0.3 is 4.42 Å². The minimum atomic E-state index is 0.904. The van der Waals surface area contributed by atoms with Crippen LogP contribution in [0.25, 0.3) is 120 Å². The van der Waals surface area contributed by atoms with Crippen LogP contribution in [0.1, 0.15) is 0 Å². The lowest BCUT2D eigenvalue weighted by molar-refractivity contribution is 0.670. The summed E-state index contributed by atoms with van der Waals surface area (Å²) in [6.07, 6.45) is 0. The molecule has 55 heavy (non-hydrogen) atoms. The number of fused-ring (bicyclic) bond motifs is 5. The largest absolute Gasteiger partial charge is 0.455 e. The van der Waals surface area contributed by atoms with Crippen LogP contribution in [0, 0.1) is 0 Å². The summed E-state index contributed by atoms with van der Waals surface area (Å²) in [4.78, 5) is 0. The molecule has 0 spiro atoms. The van der Waals surface area contributed by atoms with Crippen molar-refractivity contribution in [2.45, 2.75) is 0 Å². The lowest BCUT2D eigenvalue weighted by Crippen LogP contribution is -1.89. The first-order valence-corrected chi connectivity index (χ1v) is 19.0. The van der Waals surface area contributed by atoms with Gasteiger partial charge in [0.25, 0.3) is 0 Å². The van der Waals surface area contributed by atoms with Crippen molar-refractivity contribution in [1.29, 1.82) is 0 Å². The minimum absolute atomic E-state index is 0.904. The molecule has 12 aromatic rings. The highest BCUT2D eigenvalue weighted by atomic mass is 16.3. The number of hydrogen-bond donors (Lipinski definition) is 0. The van der Waals surface area contributed by atoms with E-state index in [1.165, 1.54) is 87.2 Å². The van der Waals surface area contributed by atoms with Gasteiger partial charge in [-0.25, -0.2) is 0 Å². The molecule has 0 amide bonds. The Bertz CT molecular complexity index is 3440. The molecule has 0 atom stereocenters. The topological polar surface area (TPSA) is 13.1 Å². The van der Waals surface area contributed by atoms with Crippen molar-refractivity contribution in [2.24, 2.45) is 0 Å². The van der Waals surface area contributed by atoms with E-state index in [0.717, 1.165) is 33.1 Å². The van der Waals surface area contributed by atoms with Gasteiger partial charge in [0.2, 0.25) is 0 Å². The first kappa shape index (κ1) is 30.3. The molecule has 12 rings (SSSR count). The standard InChI is InChI=1S/C54H32O/c1-2-9-33(10-3-1)41-27-28-42(45-16-7-6-15-44(41)45)34-17-19-35(20-18-34)43-29-30-48(53-49-31-39-11-4-5-12-40(39)32-50(49)55-54(43)53)46-25-23-38-22-21-36-13-8-14-37-24-26-47(46)52(38)51(36)37/h1-32H. The zero-order valence-electron chi connectivity index (χ0n) is 29.9. The molecule has 1 nitrogen and oxygen atoms in total. The van der Waals surface area contributed by atoms with Gasteiger partial charge in [0.1, 0.15) is 11.2 Å². The average Bonchev–Trinajstić information content (AvgIpc) is 3.63. The summed E-state index contributed by atoms with van der Waals surface area (Å²) in [6.45, 7) is 0. The predicted octanol–water partition coefficient (Wildman–Crippen LogP) is 15.5. The Morgan fingerprint density at radius 2 is 0.764 bits per heavy atom. The molecule has 0 unspecified atom stereocenters. The van der Waals surface area contributed by atoms with E-state index in [1.54, 1.807) is 0 Å². The minimum Gasteiger partial charge on any atom is -0.455 e. The molecule has 0 saturated heterocycles. The van der Waals surface area contributed by atoms with Crippen LogP contribution in [0.3, 0.4) is 0 Å². The quantitative estimate of drug-likeness (QED) is 0.167. The summed E-state index contributed by atoms with van der Waals surface area (Å²) in [5.41, 5.74) is 11.4. The van der Waals surface area contributed by atoms with Crippen LogP contribution in [0.2, 0.25) is 0 Å². The van der Waals surface area contributed by atoms with E-state index >= 15 is 0 Å². The molecular weight excluding hydrogens is 665 g/mol. The maximum absolute atomic E-state index is 6.96. The second-order valence-corrected chi connectivity index (χ2v) is 14.8. The monoisotopic (exact) mass is 696 g/mol. The third-order valence-corrected chi connectivity index (χ3v) is 11.8. The van der Waals surface area contributed by atoms with Crippen LogP contribution in [-0.4, -0.2) is 0 Å². The number of hydrogen-bond acceptors (Lipinski definition) is 1. The third-order valence-electron chi connectivity index (χ3n) is 11.8. The number of rotatable bonds is 4. The zero-order chi connectivity index (χ0) is 36.0. The molecule has 0 aliphatic rings. The van der Waals surface area contributed by atoms with Crippen molar-refractivity contribution >= 4 is 75.8 Å². The maximum Gasteiger partial charge on any atom is 0.143 e. The van der Waals surface area contributed by atoms with Crippen LogP contribution in [-0.2, 0) is 0 Å². The molecule has 1 heterocycles. The fraction of sp³-hybridized carbons (Fsp3) is 0. The Hall–Kier alpha value is -7.22. The van der Waals surface area contributed by atoms with Gasteiger partial charge in [-0.2, -0.15) is 0 Å². The summed E-state index contributed by atoms with van der Waals surface area (Å²) < 4.78 is 6.96. The molecule has 0 radical (unpaired) electrons. The molecule has 0 fully saturated rings. The van der Waals surface area contributed by atoms with E-state index in [1.807, 2.05) is 0 Å². The Morgan fingerprint density at radius 3 is 1.49 bits per heavy atom. The van der Waals surface area contributed by atoms with E-state index in [0.29, 0.717) is 0 Å². The van der Waals surface area contributed by atoms with Gasteiger partial charge in [0, 0.05) is 16.3 Å². The van der Waals surface area contributed by atoms with Gasteiger partial charge in [-0.1, -0.05) is 176 Å². The Labute approximate surface area is 317 Å². The molecule has 0 N–H and O–H groups in total.